The van der Waals surface area contributed by atoms with E-state index in [1.165, 1.54) is 6.07 Å². The predicted octanol–water partition coefficient (Wildman–Crippen LogP) is 3.91. The third-order valence-electron chi connectivity index (χ3n) is 2.58. The molecule has 0 atom stereocenters. The van der Waals surface area contributed by atoms with Crippen molar-refractivity contribution in [2.75, 3.05) is 0 Å². The van der Waals surface area contributed by atoms with E-state index in [4.69, 9.17) is 28.4 Å². The van der Waals surface area contributed by atoms with Crippen LogP contribution in [0.5, 0.6) is 0 Å². The fraction of sp³-hybridized carbons (Fsp3) is 0. The van der Waals surface area contributed by atoms with Crippen molar-refractivity contribution in [1.82, 2.24) is 4.98 Å². The number of nitrogens with zero attached hydrogens (tertiary/aromatic N) is 3. The first kappa shape index (κ1) is 15.1. The lowest BCUT2D eigenvalue weighted by Crippen LogP contribution is -1.95. The molecule has 0 radical (unpaired) electrons. The summed E-state index contributed by atoms with van der Waals surface area (Å²) in [4.78, 5) is 13.8. The lowest BCUT2D eigenvalue weighted by molar-refractivity contribution is -0.385. The molecule has 2 aromatic rings. The minimum atomic E-state index is -0.710. The molecule has 0 amide bonds. The van der Waals surface area contributed by atoms with Gasteiger partial charge in [-0.15, -0.1) is 0 Å². The number of aromatic nitrogens is 1. The van der Waals surface area contributed by atoms with Gasteiger partial charge in [-0.05, 0) is 12.1 Å². The number of nitro groups is 1. The highest BCUT2D eigenvalue weighted by atomic mass is 35.5. The van der Waals surface area contributed by atoms with Crippen LogP contribution < -0.4 is 0 Å². The van der Waals surface area contributed by atoms with Crippen LogP contribution in [0.1, 0.15) is 5.56 Å². The minimum Gasteiger partial charge on any atom is -0.411 e. The Hall–Kier alpha value is -2.25. The molecule has 1 N–H and O–H groups in total. The zero-order valence-electron chi connectivity index (χ0n) is 10.1. The van der Waals surface area contributed by atoms with E-state index >= 15 is 0 Å². The third kappa shape index (κ3) is 3.09. The lowest BCUT2D eigenvalue weighted by Gasteiger charge is -2.07. The maximum absolute atomic E-state index is 14.0. The van der Waals surface area contributed by atoms with E-state index in [1.807, 2.05) is 0 Å². The zero-order chi connectivity index (χ0) is 15.6. The van der Waals surface area contributed by atoms with Gasteiger partial charge in [-0.2, -0.15) is 0 Å². The monoisotopic (exact) mass is 329 g/mol. The van der Waals surface area contributed by atoms with Gasteiger partial charge in [0.15, 0.2) is 0 Å². The van der Waals surface area contributed by atoms with E-state index in [2.05, 4.69) is 10.1 Å². The van der Waals surface area contributed by atoms with Crippen molar-refractivity contribution < 1.29 is 14.5 Å². The summed E-state index contributed by atoms with van der Waals surface area (Å²) in [5.74, 6) is -0.710. The minimum absolute atomic E-state index is 0.0176. The summed E-state index contributed by atoms with van der Waals surface area (Å²) >= 11 is 11.7. The molecule has 0 fully saturated rings. The smallest absolute Gasteiger partial charge is 0.289 e. The topological polar surface area (TPSA) is 88.6 Å². The molecule has 0 saturated heterocycles. The van der Waals surface area contributed by atoms with Crippen LogP contribution in [0.15, 0.2) is 29.6 Å². The number of hydrogen-bond donors (Lipinski definition) is 1. The van der Waals surface area contributed by atoms with Crippen LogP contribution in [0, 0.1) is 15.9 Å². The van der Waals surface area contributed by atoms with Gasteiger partial charge < -0.3 is 5.21 Å². The van der Waals surface area contributed by atoms with Gasteiger partial charge in [-0.25, -0.2) is 9.37 Å². The van der Waals surface area contributed by atoms with Crippen LogP contribution in [0.4, 0.5) is 10.1 Å². The maximum Gasteiger partial charge on any atom is 0.289 e. The number of rotatable bonds is 3. The maximum atomic E-state index is 14.0. The number of benzene rings is 1. The highest BCUT2D eigenvalue weighted by molar-refractivity contribution is 6.34. The number of oxime groups is 1. The van der Waals surface area contributed by atoms with Crippen molar-refractivity contribution in [3.63, 3.8) is 0 Å². The van der Waals surface area contributed by atoms with E-state index in [0.29, 0.717) is 0 Å². The molecule has 6 nitrogen and oxygen atoms in total. The fourth-order valence-corrected chi connectivity index (χ4v) is 2.10. The molecule has 21 heavy (non-hydrogen) atoms. The zero-order valence-corrected chi connectivity index (χ0v) is 11.6. The molecule has 0 spiro atoms. The first-order valence-electron chi connectivity index (χ1n) is 5.41. The van der Waals surface area contributed by atoms with Gasteiger partial charge in [-0.1, -0.05) is 28.4 Å². The van der Waals surface area contributed by atoms with Gasteiger partial charge in [0, 0.05) is 17.2 Å². The lowest BCUT2D eigenvalue weighted by atomic mass is 10.1. The van der Waals surface area contributed by atoms with E-state index in [0.717, 1.165) is 24.5 Å². The average molecular weight is 330 g/mol. The van der Waals surface area contributed by atoms with Crippen LogP contribution in [0.25, 0.3) is 11.3 Å². The highest BCUT2D eigenvalue weighted by Gasteiger charge is 2.17. The van der Waals surface area contributed by atoms with Crippen molar-refractivity contribution >= 4 is 35.1 Å². The van der Waals surface area contributed by atoms with Gasteiger partial charge in [0.05, 0.1) is 26.9 Å². The Morgan fingerprint density at radius 1 is 1.33 bits per heavy atom. The van der Waals surface area contributed by atoms with Crippen molar-refractivity contribution in [2.24, 2.45) is 5.16 Å². The third-order valence-corrected chi connectivity index (χ3v) is 3.19. The van der Waals surface area contributed by atoms with Crippen molar-refractivity contribution in [3.8, 4) is 11.3 Å². The molecule has 1 aromatic carbocycles. The second kappa shape index (κ2) is 6.02. The highest BCUT2D eigenvalue weighted by Crippen LogP contribution is 2.32. The Morgan fingerprint density at radius 3 is 2.62 bits per heavy atom. The molecule has 0 saturated carbocycles. The molecule has 108 valence electrons. The average Bonchev–Trinajstić information content (AvgIpc) is 2.42. The van der Waals surface area contributed by atoms with Crippen LogP contribution in [-0.2, 0) is 0 Å². The molecule has 1 heterocycles. The quantitative estimate of drug-likeness (QED) is 0.400. The SMILES string of the molecule is O=[N+]([O-])c1cnc(-c2cc(C=NO)c(Cl)cc2F)c(Cl)c1. The number of halogens is 3. The largest absolute Gasteiger partial charge is 0.411 e. The van der Waals surface area contributed by atoms with Crippen molar-refractivity contribution in [1.29, 1.82) is 0 Å². The van der Waals surface area contributed by atoms with Gasteiger partial charge >= 0.3 is 0 Å². The van der Waals surface area contributed by atoms with Crippen LogP contribution in [0.3, 0.4) is 0 Å². The van der Waals surface area contributed by atoms with Gasteiger partial charge in [0.25, 0.3) is 5.69 Å². The van der Waals surface area contributed by atoms with Gasteiger partial charge in [-0.3, -0.25) is 10.1 Å². The first-order chi connectivity index (χ1) is 9.93. The summed E-state index contributed by atoms with van der Waals surface area (Å²) in [5.41, 5.74) is -0.0692. The fourth-order valence-electron chi connectivity index (χ4n) is 1.63. The summed E-state index contributed by atoms with van der Waals surface area (Å²) in [6, 6.07) is 3.35. The van der Waals surface area contributed by atoms with E-state index in [-0.39, 0.29) is 32.6 Å². The molecular weight excluding hydrogens is 324 g/mol. The molecule has 0 bridgehead atoms. The van der Waals surface area contributed by atoms with Crippen molar-refractivity contribution in [2.45, 2.75) is 0 Å². The molecule has 1 aromatic heterocycles. The Balaban J connectivity index is 2.61. The second-order valence-electron chi connectivity index (χ2n) is 3.88. The van der Waals surface area contributed by atoms with Crippen LogP contribution in [-0.4, -0.2) is 21.3 Å². The molecular formula is C12H6Cl2FN3O3. The predicted molar refractivity (Wildman–Crippen MR) is 75.7 cm³/mol. The summed E-state index contributed by atoms with van der Waals surface area (Å²) in [5, 5.41) is 21.9. The van der Waals surface area contributed by atoms with Gasteiger partial charge in [0.2, 0.25) is 0 Å². The normalized spacial score (nSPS) is 11.0. The van der Waals surface area contributed by atoms with Crippen LogP contribution >= 0.6 is 23.2 Å². The molecule has 0 aliphatic rings. The molecule has 0 aliphatic carbocycles. The molecule has 0 aliphatic heterocycles. The Bertz CT molecular complexity index is 753. The second-order valence-corrected chi connectivity index (χ2v) is 4.69. The molecule has 2 rings (SSSR count). The van der Waals surface area contributed by atoms with E-state index in [9.17, 15) is 14.5 Å². The van der Waals surface area contributed by atoms with Crippen molar-refractivity contribution in [3.05, 3.63) is 55.9 Å². The Morgan fingerprint density at radius 2 is 2.05 bits per heavy atom. The van der Waals surface area contributed by atoms with Crippen LogP contribution in [0.2, 0.25) is 10.0 Å². The summed E-state index contributed by atoms with van der Waals surface area (Å²) in [7, 11) is 0. The Labute approximate surface area is 127 Å². The summed E-state index contributed by atoms with van der Waals surface area (Å²) in [6.07, 6.45) is 1.99. The first-order valence-corrected chi connectivity index (χ1v) is 6.16. The summed E-state index contributed by atoms with van der Waals surface area (Å²) < 4.78 is 14.0. The molecule has 0 unspecified atom stereocenters. The molecule has 9 heteroatoms. The standard InChI is InChI=1S/C12H6Cl2FN3O3/c13-9-3-11(15)8(1-6(9)4-17-19)12-10(14)2-7(5-16-12)18(20)21/h1-5,19H. The van der Waals surface area contributed by atoms with E-state index in [1.54, 1.807) is 0 Å². The number of pyridine rings is 1. The van der Waals surface area contributed by atoms with Gasteiger partial charge in [0.1, 0.15) is 12.0 Å². The Kier molecular flexibility index (Phi) is 4.35. The number of hydrogen-bond acceptors (Lipinski definition) is 5. The summed E-state index contributed by atoms with van der Waals surface area (Å²) in [6.45, 7) is 0. The van der Waals surface area contributed by atoms with E-state index < -0.39 is 10.7 Å².